The van der Waals surface area contributed by atoms with Crippen LogP contribution in [0.3, 0.4) is 0 Å². The standard InChI is InChI=1S/C24H27N7O5/c1-28-13-16(11-20(28)33)36-24(34)30-9-7-29(8-10-30)22-19(32)14-31-21(27-22)18(12-26-31)17-3-2-6-25-23(17)35-15-4-5-15/h2-3,6,12,14-16,32H,4-5,7-11,13H2,1H3/t16-/m0/s1. The molecular weight excluding hydrogens is 466 g/mol. The van der Waals surface area contributed by atoms with Crippen LogP contribution in [0, 0.1) is 0 Å². The van der Waals surface area contributed by atoms with Gasteiger partial charge in [0.25, 0.3) is 0 Å². The summed E-state index contributed by atoms with van der Waals surface area (Å²) in [4.78, 5) is 38.6. The lowest BCUT2D eigenvalue weighted by molar-refractivity contribution is -0.126. The second-order valence-corrected chi connectivity index (χ2v) is 9.41. The molecule has 0 radical (unpaired) electrons. The summed E-state index contributed by atoms with van der Waals surface area (Å²) in [5.41, 5.74) is 2.14. The average Bonchev–Trinajstić information content (AvgIpc) is 3.51. The molecule has 12 heteroatoms. The first kappa shape index (κ1) is 22.4. The molecule has 36 heavy (non-hydrogen) atoms. The molecule has 6 rings (SSSR count). The van der Waals surface area contributed by atoms with Crippen molar-refractivity contribution in [3.05, 3.63) is 30.7 Å². The molecule has 0 unspecified atom stereocenters. The number of anilines is 1. The van der Waals surface area contributed by atoms with E-state index in [1.807, 2.05) is 17.0 Å². The first-order chi connectivity index (χ1) is 17.5. The topological polar surface area (TPSA) is 126 Å². The quantitative estimate of drug-likeness (QED) is 0.563. The number of hydrogen-bond donors (Lipinski definition) is 1. The molecule has 0 aromatic carbocycles. The number of ether oxygens (including phenoxy) is 2. The summed E-state index contributed by atoms with van der Waals surface area (Å²) in [6.07, 6.45) is 6.56. The van der Waals surface area contributed by atoms with Crippen molar-refractivity contribution in [3.63, 3.8) is 0 Å². The summed E-state index contributed by atoms with van der Waals surface area (Å²) in [6, 6.07) is 3.77. The highest BCUT2D eigenvalue weighted by atomic mass is 16.6. The Hall–Kier alpha value is -4.09. The van der Waals surface area contributed by atoms with Gasteiger partial charge in [0.05, 0.1) is 30.9 Å². The van der Waals surface area contributed by atoms with Crippen LogP contribution in [0.5, 0.6) is 11.6 Å². The van der Waals surface area contributed by atoms with Crippen molar-refractivity contribution >= 4 is 23.5 Å². The highest BCUT2D eigenvalue weighted by molar-refractivity contribution is 5.81. The number of hydrogen-bond acceptors (Lipinski definition) is 9. The number of aromatic hydroxyl groups is 1. The van der Waals surface area contributed by atoms with Crippen molar-refractivity contribution in [2.45, 2.75) is 31.5 Å². The van der Waals surface area contributed by atoms with Crippen LogP contribution < -0.4 is 9.64 Å². The predicted octanol–water partition coefficient (Wildman–Crippen LogP) is 1.53. The van der Waals surface area contributed by atoms with E-state index >= 15 is 0 Å². The highest BCUT2D eigenvalue weighted by Gasteiger charge is 2.33. The van der Waals surface area contributed by atoms with Crippen LogP contribution in [0.2, 0.25) is 0 Å². The van der Waals surface area contributed by atoms with Gasteiger partial charge in [-0.15, -0.1) is 0 Å². The van der Waals surface area contributed by atoms with Crippen LogP contribution in [-0.4, -0.2) is 98.5 Å². The number of fused-ring (bicyclic) bond motifs is 1. The number of pyridine rings is 1. The number of carbonyl (C=O) groups excluding carboxylic acids is 2. The second-order valence-electron chi connectivity index (χ2n) is 9.41. The molecule has 188 valence electrons. The molecule has 1 saturated carbocycles. The van der Waals surface area contributed by atoms with E-state index in [-0.39, 0.29) is 24.2 Å². The number of likely N-dealkylation sites (tertiary alicyclic amines) is 1. The molecule has 3 aromatic heterocycles. The van der Waals surface area contributed by atoms with Crippen LogP contribution in [0.1, 0.15) is 19.3 Å². The Kier molecular flexibility index (Phi) is 5.50. The fourth-order valence-corrected chi connectivity index (χ4v) is 4.57. The monoisotopic (exact) mass is 493 g/mol. The van der Waals surface area contributed by atoms with Gasteiger partial charge in [-0.3, -0.25) is 4.79 Å². The molecule has 3 aliphatic rings. The van der Waals surface area contributed by atoms with E-state index in [9.17, 15) is 14.7 Å². The Balaban J connectivity index is 1.18. The molecule has 3 aromatic rings. The van der Waals surface area contributed by atoms with Crippen molar-refractivity contribution < 1.29 is 24.2 Å². The van der Waals surface area contributed by atoms with Crippen LogP contribution in [0.15, 0.2) is 30.7 Å². The number of amides is 2. The first-order valence-corrected chi connectivity index (χ1v) is 12.1. The van der Waals surface area contributed by atoms with E-state index in [4.69, 9.17) is 14.5 Å². The fourth-order valence-electron chi connectivity index (χ4n) is 4.57. The predicted molar refractivity (Wildman–Crippen MR) is 128 cm³/mol. The van der Waals surface area contributed by atoms with E-state index in [0.29, 0.717) is 50.1 Å². The summed E-state index contributed by atoms with van der Waals surface area (Å²) in [5.74, 6) is 0.954. The lowest BCUT2D eigenvalue weighted by Gasteiger charge is -2.35. The Morgan fingerprint density at radius 2 is 1.94 bits per heavy atom. The van der Waals surface area contributed by atoms with Gasteiger partial charge in [-0.2, -0.15) is 5.10 Å². The maximum Gasteiger partial charge on any atom is 0.410 e. The minimum atomic E-state index is -0.423. The van der Waals surface area contributed by atoms with Gasteiger partial charge in [0, 0.05) is 45.0 Å². The number of rotatable bonds is 5. The normalized spacial score (nSPS) is 20.3. The zero-order valence-corrected chi connectivity index (χ0v) is 19.9. The number of likely N-dealkylation sites (N-methyl/N-ethyl adjacent to an activating group) is 1. The first-order valence-electron chi connectivity index (χ1n) is 12.1. The molecule has 12 nitrogen and oxygen atoms in total. The van der Waals surface area contributed by atoms with Crippen molar-refractivity contribution in [1.29, 1.82) is 0 Å². The van der Waals surface area contributed by atoms with Crippen molar-refractivity contribution in [2.75, 3.05) is 44.7 Å². The molecule has 1 N–H and O–H groups in total. The third-order valence-corrected chi connectivity index (χ3v) is 6.73. The van der Waals surface area contributed by atoms with E-state index in [1.165, 1.54) is 10.7 Å². The summed E-state index contributed by atoms with van der Waals surface area (Å²) >= 11 is 0. The highest BCUT2D eigenvalue weighted by Crippen LogP contribution is 2.36. The lowest BCUT2D eigenvalue weighted by Crippen LogP contribution is -2.49. The van der Waals surface area contributed by atoms with E-state index in [0.717, 1.165) is 24.0 Å². The second kappa shape index (κ2) is 8.85. The zero-order chi connectivity index (χ0) is 24.8. The SMILES string of the molecule is CN1C[C@@H](OC(=O)N2CCN(c3nc4c(-c5cccnc5OC5CC5)cnn4cc3O)CC2)CC1=O. The Morgan fingerprint density at radius 1 is 1.14 bits per heavy atom. The van der Waals surface area contributed by atoms with Gasteiger partial charge in [-0.25, -0.2) is 19.3 Å². The van der Waals surface area contributed by atoms with Crippen molar-refractivity contribution in [3.8, 4) is 22.8 Å². The zero-order valence-electron chi connectivity index (χ0n) is 19.9. The van der Waals surface area contributed by atoms with Gasteiger partial charge in [0.15, 0.2) is 17.2 Å². The molecule has 0 bridgehead atoms. The maximum absolute atomic E-state index is 12.6. The minimum Gasteiger partial charge on any atom is -0.503 e. The summed E-state index contributed by atoms with van der Waals surface area (Å²) in [7, 11) is 1.70. The van der Waals surface area contributed by atoms with Gasteiger partial charge in [-0.1, -0.05) is 0 Å². The summed E-state index contributed by atoms with van der Waals surface area (Å²) in [6.45, 7) is 2.19. The summed E-state index contributed by atoms with van der Waals surface area (Å²) in [5, 5.41) is 15.1. The molecule has 5 heterocycles. The van der Waals surface area contributed by atoms with E-state index in [2.05, 4.69) is 10.1 Å². The maximum atomic E-state index is 12.6. The molecule has 2 saturated heterocycles. The average molecular weight is 494 g/mol. The van der Waals surface area contributed by atoms with Gasteiger partial charge in [-0.05, 0) is 25.0 Å². The molecule has 3 fully saturated rings. The molecular formula is C24H27N7O5. The molecule has 0 spiro atoms. The Bertz CT molecular complexity index is 1320. The smallest absolute Gasteiger partial charge is 0.410 e. The van der Waals surface area contributed by atoms with Gasteiger partial charge in [0.1, 0.15) is 12.2 Å². The number of nitrogens with zero attached hydrogens (tertiary/aromatic N) is 7. The third kappa shape index (κ3) is 4.23. The van der Waals surface area contributed by atoms with Crippen LogP contribution in [-0.2, 0) is 9.53 Å². The number of piperazine rings is 1. The van der Waals surface area contributed by atoms with E-state index < -0.39 is 12.2 Å². The molecule has 1 atom stereocenters. The summed E-state index contributed by atoms with van der Waals surface area (Å²) < 4.78 is 13.0. The molecule has 2 aliphatic heterocycles. The number of carbonyl (C=O) groups is 2. The Morgan fingerprint density at radius 3 is 2.67 bits per heavy atom. The van der Waals surface area contributed by atoms with Crippen LogP contribution in [0.4, 0.5) is 10.6 Å². The third-order valence-electron chi connectivity index (χ3n) is 6.73. The van der Waals surface area contributed by atoms with Gasteiger partial charge >= 0.3 is 6.09 Å². The molecule has 2 amide bonds. The lowest BCUT2D eigenvalue weighted by atomic mass is 10.1. The van der Waals surface area contributed by atoms with E-state index in [1.54, 1.807) is 29.2 Å². The van der Waals surface area contributed by atoms with Crippen molar-refractivity contribution in [1.82, 2.24) is 29.4 Å². The van der Waals surface area contributed by atoms with Crippen LogP contribution in [0.25, 0.3) is 16.8 Å². The number of aromatic nitrogens is 4. The van der Waals surface area contributed by atoms with Gasteiger partial charge in [0.2, 0.25) is 11.8 Å². The van der Waals surface area contributed by atoms with Crippen molar-refractivity contribution in [2.24, 2.45) is 0 Å². The minimum absolute atomic E-state index is 0.00122. The van der Waals surface area contributed by atoms with Crippen LogP contribution >= 0.6 is 0 Å². The Labute approximate surface area is 207 Å². The largest absolute Gasteiger partial charge is 0.503 e. The fraction of sp³-hybridized carbons (Fsp3) is 0.458. The van der Waals surface area contributed by atoms with Gasteiger partial charge < -0.3 is 29.3 Å². The molecule has 1 aliphatic carbocycles.